The highest BCUT2D eigenvalue weighted by Gasteiger charge is 1.99. The molecule has 1 atom stereocenters. The van der Waals surface area contributed by atoms with Gasteiger partial charge in [-0.1, -0.05) is 57.6 Å². The Balaban J connectivity index is 3.43. The van der Waals surface area contributed by atoms with Crippen molar-refractivity contribution in [3.8, 4) is 0 Å². The first-order chi connectivity index (χ1) is 8.20. The van der Waals surface area contributed by atoms with Crippen LogP contribution in [0.1, 0.15) is 78.6 Å². The molecule has 1 nitrogen and oxygen atoms in total. The molecule has 0 amide bonds. The number of aliphatic hydroxyl groups excluding tert-OH is 1. The molecular weight excluding hydrogens is 208 g/mol. The van der Waals surface area contributed by atoms with E-state index in [0.717, 1.165) is 12.8 Å². The van der Waals surface area contributed by atoms with E-state index in [1.165, 1.54) is 50.5 Å². The lowest BCUT2D eigenvalue weighted by Crippen LogP contribution is -1.96. The molecule has 0 radical (unpaired) electrons. The number of aliphatic hydroxyl groups is 1. The summed E-state index contributed by atoms with van der Waals surface area (Å²) in [5, 5.41) is 8.83. The number of rotatable bonds is 11. The summed E-state index contributed by atoms with van der Waals surface area (Å²) in [6, 6.07) is 0. The molecule has 0 fully saturated rings. The van der Waals surface area contributed by atoms with Crippen LogP contribution in [0.15, 0.2) is 11.6 Å². The second-order valence-corrected chi connectivity index (χ2v) is 5.42. The van der Waals surface area contributed by atoms with Crippen LogP contribution in [0.2, 0.25) is 0 Å². The fourth-order valence-corrected chi connectivity index (χ4v) is 2.03. The molecule has 1 heteroatoms. The van der Waals surface area contributed by atoms with Gasteiger partial charge in [0.2, 0.25) is 0 Å². The minimum absolute atomic E-state index is 0.325. The predicted octanol–water partition coefficient (Wildman–Crippen LogP) is 5.09. The van der Waals surface area contributed by atoms with Crippen molar-refractivity contribution in [2.45, 2.75) is 78.6 Å². The fourth-order valence-electron chi connectivity index (χ4n) is 2.03. The van der Waals surface area contributed by atoms with E-state index in [1.807, 2.05) is 0 Å². The van der Waals surface area contributed by atoms with E-state index < -0.39 is 0 Å². The zero-order valence-electron chi connectivity index (χ0n) is 12.2. The molecule has 0 saturated heterocycles. The molecule has 0 aliphatic carbocycles. The van der Waals surface area contributed by atoms with Gasteiger partial charge in [-0.2, -0.15) is 0 Å². The van der Waals surface area contributed by atoms with Gasteiger partial charge in [0.25, 0.3) is 0 Å². The van der Waals surface area contributed by atoms with E-state index in [4.69, 9.17) is 5.11 Å². The molecule has 102 valence electrons. The van der Waals surface area contributed by atoms with Crippen molar-refractivity contribution < 1.29 is 5.11 Å². The summed E-state index contributed by atoms with van der Waals surface area (Å²) in [6.45, 7) is 7.05. The van der Waals surface area contributed by atoms with Gasteiger partial charge in [-0.3, -0.25) is 0 Å². The lowest BCUT2D eigenvalue weighted by molar-refractivity contribution is 0.263. The van der Waals surface area contributed by atoms with E-state index in [9.17, 15) is 0 Å². The lowest BCUT2D eigenvalue weighted by Gasteiger charge is -2.07. The Morgan fingerprint density at radius 2 is 1.76 bits per heavy atom. The van der Waals surface area contributed by atoms with Crippen molar-refractivity contribution in [1.82, 2.24) is 0 Å². The van der Waals surface area contributed by atoms with Crippen molar-refractivity contribution in [3.63, 3.8) is 0 Å². The molecule has 1 unspecified atom stereocenters. The van der Waals surface area contributed by atoms with Crippen LogP contribution >= 0.6 is 0 Å². The molecule has 0 rings (SSSR count). The first-order valence-electron chi connectivity index (χ1n) is 7.47. The topological polar surface area (TPSA) is 20.2 Å². The Bertz CT molecular complexity index is 184. The second-order valence-electron chi connectivity index (χ2n) is 5.42. The minimum atomic E-state index is 0.325. The van der Waals surface area contributed by atoms with Crippen LogP contribution in [-0.2, 0) is 0 Å². The van der Waals surface area contributed by atoms with Crippen LogP contribution in [0, 0.1) is 5.92 Å². The van der Waals surface area contributed by atoms with Gasteiger partial charge in [0.15, 0.2) is 0 Å². The quantitative estimate of drug-likeness (QED) is 0.394. The van der Waals surface area contributed by atoms with Crippen molar-refractivity contribution in [2.75, 3.05) is 6.61 Å². The largest absolute Gasteiger partial charge is 0.396 e. The van der Waals surface area contributed by atoms with Crippen molar-refractivity contribution >= 4 is 0 Å². The summed E-state index contributed by atoms with van der Waals surface area (Å²) < 4.78 is 0. The first kappa shape index (κ1) is 16.7. The maximum absolute atomic E-state index is 8.83. The SMILES string of the molecule is CCCCCCCCC(C)=CCC(C)CCO. The van der Waals surface area contributed by atoms with Gasteiger partial charge >= 0.3 is 0 Å². The highest BCUT2D eigenvalue weighted by molar-refractivity contribution is 4.98. The number of allylic oxidation sites excluding steroid dienone is 2. The molecule has 17 heavy (non-hydrogen) atoms. The summed E-state index contributed by atoms with van der Waals surface area (Å²) in [7, 11) is 0. The molecule has 1 N–H and O–H groups in total. The molecule has 0 heterocycles. The third kappa shape index (κ3) is 12.0. The third-order valence-corrected chi connectivity index (χ3v) is 3.42. The third-order valence-electron chi connectivity index (χ3n) is 3.42. The molecule has 0 spiro atoms. The molecule has 0 aromatic carbocycles. The molecule has 0 aliphatic heterocycles. The highest BCUT2D eigenvalue weighted by atomic mass is 16.3. The molecule has 0 bridgehead atoms. The van der Waals surface area contributed by atoms with Gasteiger partial charge < -0.3 is 5.11 Å². The maximum Gasteiger partial charge on any atom is 0.0433 e. The Hall–Kier alpha value is -0.300. The number of hydrogen-bond acceptors (Lipinski definition) is 1. The zero-order valence-corrected chi connectivity index (χ0v) is 12.2. The van der Waals surface area contributed by atoms with E-state index in [-0.39, 0.29) is 0 Å². The smallest absolute Gasteiger partial charge is 0.0433 e. The predicted molar refractivity (Wildman–Crippen MR) is 77.2 cm³/mol. The first-order valence-corrected chi connectivity index (χ1v) is 7.47. The average Bonchev–Trinajstić information content (AvgIpc) is 2.31. The Labute approximate surface area is 108 Å². The van der Waals surface area contributed by atoms with Gasteiger partial charge in [0.1, 0.15) is 0 Å². The Morgan fingerprint density at radius 1 is 1.12 bits per heavy atom. The monoisotopic (exact) mass is 240 g/mol. The van der Waals surface area contributed by atoms with E-state index >= 15 is 0 Å². The second kappa shape index (κ2) is 12.2. The lowest BCUT2D eigenvalue weighted by atomic mass is 10.0. The molecule has 0 aromatic rings. The number of hydrogen-bond donors (Lipinski definition) is 1. The van der Waals surface area contributed by atoms with Crippen LogP contribution in [-0.4, -0.2) is 11.7 Å². The van der Waals surface area contributed by atoms with Crippen molar-refractivity contribution in [2.24, 2.45) is 5.92 Å². The zero-order chi connectivity index (χ0) is 12.9. The molecule has 0 aromatic heterocycles. The van der Waals surface area contributed by atoms with Crippen LogP contribution < -0.4 is 0 Å². The van der Waals surface area contributed by atoms with E-state index in [0.29, 0.717) is 12.5 Å². The Morgan fingerprint density at radius 3 is 2.41 bits per heavy atom. The van der Waals surface area contributed by atoms with Crippen LogP contribution in [0.3, 0.4) is 0 Å². The summed E-state index contributed by atoms with van der Waals surface area (Å²) in [4.78, 5) is 0. The van der Waals surface area contributed by atoms with Crippen LogP contribution in [0.5, 0.6) is 0 Å². The van der Waals surface area contributed by atoms with E-state index in [2.05, 4.69) is 26.8 Å². The maximum atomic E-state index is 8.83. The van der Waals surface area contributed by atoms with Gasteiger partial charge in [0.05, 0.1) is 0 Å². The van der Waals surface area contributed by atoms with Crippen LogP contribution in [0.25, 0.3) is 0 Å². The molecular formula is C16H32O. The molecule has 0 aliphatic rings. The summed E-state index contributed by atoms with van der Waals surface area (Å²) in [5.41, 5.74) is 1.53. The van der Waals surface area contributed by atoms with Crippen molar-refractivity contribution in [3.05, 3.63) is 11.6 Å². The summed E-state index contributed by atoms with van der Waals surface area (Å²) in [6.07, 6.45) is 14.0. The Kier molecular flexibility index (Phi) is 12.0. The van der Waals surface area contributed by atoms with Gasteiger partial charge in [0, 0.05) is 6.61 Å². The van der Waals surface area contributed by atoms with Gasteiger partial charge in [-0.25, -0.2) is 0 Å². The summed E-state index contributed by atoms with van der Waals surface area (Å²) in [5.74, 6) is 0.625. The van der Waals surface area contributed by atoms with Gasteiger partial charge in [-0.05, 0) is 38.5 Å². The average molecular weight is 240 g/mol. The molecule has 0 saturated carbocycles. The van der Waals surface area contributed by atoms with Gasteiger partial charge in [-0.15, -0.1) is 0 Å². The standard InChI is InChI=1S/C16H32O/c1-4-5-6-7-8-9-10-15(2)11-12-16(3)13-14-17/h11,16-17H,4-10,12-14H2,1-3H3. The van der Waals surface area contributed by atoms with E-state index in [1.54, 1.807) is 0 Å². The van der Waals surface area contributed by atoms with Crippen LogP contribution in [0.4, 0.5) is 0 Å². The highest BCUT2D eigenvalue weighted by Crippen LogP contribution is 2.14. The minimum Gasteiger partial charge on any atom is -0.396 e. The fraction of sp³-hybridized carbons (Fsp3) is 0.875. The normalized spacial score (nSPS) is 14.0. The van der Waals surface area contributed by atoms with Crippen molar-refractivity contribution in [1.29, 1.82) is 0 Å². The number of unbranched alkanes of at least 4 members (excludes halogenated alkanes) is 5. The summed E-state index contributed by atoms with van der Waals surface area (Å²) >= 11 is 0.